The Morgan fingerprint density at radius 1 is 0.929 bits per heavy atom. The van der Waals surface area contributed by atoms with Crippen LogP contribution in [-0.4, -0.2) is 15.9 Å². The Bertz CT molecular complexity index is 1210. The number of imidazole rings is 1. The lowest BCUT2D eigenvalue weighted by Crippen LogP contribution is -2.10. The maximum Gasteiger partial charge on any atom is 0.291 e. The molecule has 0 saturated carbocycles. The number of aromatic nitrogens is 2. The number of halogens is 1. The zero-order valence-corrected chi connectivity index (χ0v) is 15.5. The highest BCUT2D eigenvalue weighted by atomic mass is 35.5. The molecule has 0 unspecified atom stereocenters. The molecule has 5 rings (SSSR count). The summed E-state index contributed by atoms with van der Waals surface area (Å²) in [5.41, 5.74) is 3.58. The van der Waals surface area contributed by atoms with Crippen LogP contribution in [0.4, 0.5) is 5.69 Å². The monoisotopic (exact) mass is 389 g/mol. The second kappa shape index (κ2) is 7.21. The number of benzene rings is 3. The molecule has 2 heterocycles. The summed E-state index contributed by atoms with van der Waals surface area (Å²) in [6.45, 7) is 0. The number of carbonyl (C=O) groups excluding carboxylic acids is 1. The maximum absolute atomic E-state index is 12.0. The summed E-state index contributed by atoms with van der Waals surface area (Å²) in [5.74, 6) is 0.802. The molecule has 5 nitrogen and oxygen atoms in total. The topological polar surface area (TPSA) is 70.9 Å². The average Bonchev–Trinajstić information content (AvgIpc) is 3.36. The van der Waals surface area contributed by atoms with Crippen molar-refractivity contribution >= 4 is 45.8 Å². The molecule has 2 aromatic heterocycles. The van der Waals surface area contributed by atoms with E-state index in [0.717, 1.165) is 22.4 Å². The maximum atomic E-state index is 12.0. The third-order valence-electron chi connectivity index (χ3n) is 4.51. The predicted octanol–water partition coefficient (Wildman–Crippen LogP) is 5.65. The molecule has 0 atom stereocenters. The second-order valence-electron chi connectivity index (χ2n) is 6.31. The number of H-pyrrole nitrogens is 1. The molecule has 6 heteroatoms. The molecule has 5 aromatic rings. The molecule has 28 heavy (non-hydrogen) atoms. The molecule has 138 valence electrons. The molecule has 0 aliphatic heterocycles. The SMILES string of the molecule is Cl.O=C(Nc1ccc(-c2nc3cc4ccccc4cc3[nH]2)cc1)c1ccco1. The number of hydrogen-bond acceptors (Lipinski definition) is 3. The third kappa shape index (κ3) is 3.23. The van der Waals surface area contributed by atoms with Crippen LogP contribution in [0.1, 0.15) is 10.6 Å². The number of rotatable bonds is 3. The van der Waals surface area contributed by atoms with E-state index in [-0.39, 0.29) is 24.1 Å². The third-order valence-corrected chi connectivity index (χ3v) is 4.51. The number of nitrogens with zero attached hydrogens (tertiary/aromatic N) is 1. The lowest BCUT2D eigenvalue weighted by atomic mass is 10.1. The van der Waals surface area contributed by atoms with Gasteiger partial charge in [0.15, 0.2) is 5.76 Å². The summed E-state index contributed by atoms with van der Waals surface area (Å²) in [4.78, 5) is 20.1. The molecule has 0 bridgehead atoms. The van der Waals surface area contributed by atoms with Crippen molar-refractivity contribution in [1.29, 1.82) is 0 Å². The fraction of sp³-hybridized carbons (Fsp3) is 0. The highest BCUT2D eigenvalue weighted by Gasteiger charge is 2.10. The summed E-state index contributed by atoms with van der Waals surface area (Å²) in [6, 6.07) is 23.3. The van der Waals surface area contributed by atoms with Crippen LogP contribution in [0.25, 0.3) is 33.2 Å². The number of furan rings is 1. The van der Waals surface area contributed by atoms with Crippen molar-refractivity contribution < 1.29 is 9.21 Å². The van der Waals surface area contributed by atoms with Crippen molar-refractivity contribution in [3.05, 3.63) is 84.8 Å². The van der Waals surface area contributed by atoms with E-state index in [1.807, 2.05) is 36.4 Å². The fourth-order valence-electron chi connectivity index (χ4n) is 3.15. The van der Waals surface area contributed by atoms with Gasteiger partial charge in [-0.05, 0) is 59.3 Å². The van der Waals surface area contributed by atoms with E-state index in [2.05, 4.69) is 34.6 Å². The minimum Gasteiger partial charge on any atom is -0.459 e. The second-order valence-corrected chi connectivity index (χ2v) is 6.31. The summed E-state index contributed by atoms with van der Waals surface area (Å²) in [7, 11) is 0. The Labute approximate surface area is 166 Å². The smallest absolute Gasteiger partial charge is 0.291 e. The Kier molecular flexibility index (Phi) is 4.59. The van der Waals surface area contributed by atoms with Gasteiger partial charge in [-0.25, -0.2) is 4.98 Å². The van der Waals surface area contributed by atoms with Gasteiger partial charge in [0.1, 0.15) is 5.82 Å². The van der Waals surface area contributed by atoms with Crippen LogP contribution < -0.4 is 5.32 Å². The van der Waals surface area contributed by atoms with Gasteiger partial charge < -0.3 is 14.7 Å². The lowest BCUT2D eigenvalue weighted by molar-refractivity contribution is 0.0996. The van der Waals surface area contributed by atoms with Gasteiger partial charge in [0.05, 0.1) is 17.3 Å². The van der Waals surface area contributed by atoms with Gasteiger partial charge in [-0.2, -0.15) is 0 Å². The molecule has 0 aliphatic carbocycles. The Morgan fingerprint density at radius 2 is 1.68 bits per heavy atom. The minimum atomic E-state index is -0.275. The number of hydrogen-bond donors (Lipinski definition) is 2. The zero-order valence-electron chi connectivity index (χ0n) is 14.7. The molecule has 1 amide bonds. The van der Waals surface area contributed by atoms with Crippen LogP contribution in [0.3, 0.4) is 0 Å². The molecular formula is C22H16ClN3O2. The van der Waals surface area contributed by atoms with Gasteiger partial charge in [0.2, 0.25) is 0 Å². The van der Waals surface area contributed by atoms with Crippen LogP contribution in [0, 0.1) is 0 Å². The Morgan fingerprint density at radius 3 is 2.39 bits per heavy atom. The number of anilines is 1. The van der Waals surface area contributed by atoms with Crippen molar-refractivity contribution in [1.82, 2.24) is 9.97 Å². The van der Waals surface area contributed by atoms with Crippen LogP contribution in [0.5, 0.6) is 0 Å². The average molecular weight is 390 g/mol. The lowest BCUT2D eigenvalue weighted by Gasteiger charge is -2.04. The first-order chi connectivity index (χ1) is 13.3. The van der Waals surface area contributed by atoms with Crippen LogP contribution in [0.2, 0.25) is 0 Å². The van der Waals surface area contributed by atoms with Gasteiger partial charge in [-0.15, -0.1) is 12.4 Å². The van der Waals surface area contributed by atoms with Crippen molar-refractivity contribution in [3.8, 4) is 11.4 Å². The molecule has 0 spiro atoms. The first-order valence-corrected chi connectivity index (χ1v) is 8.60. The molecule has 3 aromatic carbocycles. The van der Waals surface area contributed by atoms with Gasteiger partial charge in [0.25, 0.3) is 5.91 Å². The Hall–Kier alpha value is -3.57. The van der Waals surface area contributed by atoms with E-state index in [1.54, 1.807) is 12.1 Å². The Balaban J connectivity index is 0.00000192. The van der Waals surface area contributed by atoms with Crippen LogP contribution >= 0.6 is 12.4 Å². The minimum absolute atomic E-state index is 0. The summed E-state index contributed by atoms with van der Waals surface area (Å²) >= 11 is 0. The van der Waals surface area contributed by atoms with Crippen molar-refractivity contribution in [3.63, 3.8) is 0 Å². The number of amides is 1. The molecule has 0 radical (unpaired) electrons. The van der Waals surface area contributed by atoms with Crippen LogP contribution in [0.15, 0.2) is 83.5 Å². The number of fused-ring (bicyclic) bond motifs is 2. The van der Waals surface area contributed by atoms with Gasteiger partial charge >= 0.3 is 0 Å². The normalized spacial score (nSPS) is 10.7. The summed E-state index contributed by atoms with van der Waals surface area (Å²) in [6.07, 6.45) is 1.48. The first-order valence-electron chi connectivity index (χ1n) is 8.60. The number of carbonyl (C=O) groups is 1. The van der Waals surface area contributed by atoms with Crippen LogP contribution in [-0.2, 0) is 0 Å². The highest BCUT2D eigenvalue weighted by molar-refractivity contribution is 6.02. The van der Waals surface area contributed by atoms with Gasteiger partial charge in [-0.1, -0.05) is 24.3 Å². The van der Waals surface area contributed by atoms with Crippen molar-refractivity contribution in [2.75, 3.05) is 5.32 Å². The molecule has 0 saturated heterocycles. The standard InChI is InChI=1S/C22H15N3O2.ClH/c26-22(20-6-3-11-27-20)23-17-9-7-14(8-10-17)21-24-18-12-15-4-1-2-5-16(15)13-19(18)25-21;/h1-13H,(H,23,26)(H,24,25);1H. The van der Waals surface area contributed by atoms with E-state index < -0.39 is 0 Å². The van der Waals surface area contributed by atoms with E-state index >= 15 is 0 Å². The summed E-state index contributed by atoms with van der Waals surface area (Å²) in [5, 5.41) is 5.15. The molecule has 0 fully saturated rings. The zero-order chi connectivity index (χ0) is 18.2. The van der Waals surface area contributed by atoms with Gasteiger partial charge in [-0.3, -0.25) is 4.79 Å². The van der Waals surface area contributed by atoms with E-state index in [0.29, 0.717) is 5.69 Å². The fourth-order valence-corrected chi connectivity index (χ4v) is 3.15. The molecule has 2 N–H and O–H groups in total. The van der Waals surface area contributed by atoms with Gasteiger partial charge in [0, 0.05) is 11.3 Å². The molecule has 0 aliphatic rings. The van der Waals surface area contributed by atoms with E-state index in [9.17, 15) is 4.79 Å². The number of nitrogens with one attached hydrogen (secondary N) is 2. The van der Waals surface area contributed by atoms with E-state index in [1.165, 1.54) is 17.0 Å². The predicted molar refractivity (Wildman–Crippen MR) is 113 cm³/mol. The summed E-state index contributed by atoms with van der Waals surface area (Å²) < 4.78 is 5.10. The highest BCUT2D eigenvalue weighted by Crippen LogP contribution is 2.26. The molecular weight excluding hydrogens is 374 g/mol. The quantitative estimate of drug-likeness (QED) is 0.419. The largest absolute Gasteiger partial charge is 0.459 e. The number of aromatic amines is 1. The van der Waals surface area contributed by atoms with Crippen molar-refractivity contribution in [2.45, 2.75) is 0 Å². The first kappa shape index (κ1) is 17.8. The van der Waals surface area contributed by atoms with E-state index in [4.69, 9.17) is 9.40 Å². The van der Waals surface area contributed by atoms with Crippen molar-refractivity contribution in [2.24, 2.45) is 0 Å².